The van der Waals surface area contributed by atoms with E-state index in [9.17, 15) is 0 Å². The molecule has 1 saturated heterocycles. The summed E-state index contributed by atoms with van der Waals surface area (Å²) in [6, 6.07) is 14.6. The van der Waals surface area contributed by atoms with E-state index >= 15 is 0 Å². The molecule has 0 N–H and O–H groups in total. The van der Waals surface area contributed by atoms with Crippen LogP contribution in [-0.4, -0.2) is 64.5 Å². The van der Waals surface area contributed by atoms with Gasteiger partial charge in [-0.2, -0.15) is 0 Å². The summed E-state index contributed by atoms with van der Waals surface area (Å²) in [6.07, 6.45) is 8.04. The van der Waals surface area contributed by atoms with E-state index in [0.29, 0.717) is 19.8 Å². The van der Waals surface area contributed by atoms with Gasteiger partial charge in [0.25, 0.3) is 0 Å². The number of methoxy groups -OCH3 is 1. The number of ether oxygens (including phenoxy) is 5. The summed E-state index contributed by atoms with van der Waals surface area (Å²) in [7, 11) is 1.68. The summed E-state index contributed by atoms with van der Waals surface area (Å²) in [5, 5.41) is 0. The lowest BCUT2D eigenvalue weighted by Gasteiger charge is -2.57. The first-order valence-corrected chi connectivity index (χ1v) is 15.1. The van der Waals surface area contributed by atoms with Gasteiger partial charge in [0.1, 0.15) is 11.5 Å². The Morgan fingerprint density at radius 3 is 2.33 bits per heavy atom. The third-order valence-corrected chi connectivity index (χ3v) is 9.39. The molecule has 0 amide bonds. The van der Waals surface area contributed by atoms with E-state index in [1.807, 2.05) is 24.3 Å². The minimum Gasteiger partial charge on any atom is -0.473 e. The number of nitrogens with zero attached hydrogens (tertiary/aromatic N) is 1. The van der Waals surface area contributed by atoms with Gasteiger partial charge in [0.15, 0.2) is 13.0 Å². The van der Waals surface area contributed by atoms with Gasteiger partial charge in [0.2, 0.25) is 0 Å². The van der Waals surface area contributed by atoms with Gasteiger partial charge in [-0.25, -0.2) is 0 Å². The van der Waals surface area contributed by atoms with E-state index in [4.69, 9.17) is 23.7 Å². The summed E-state index contributed by atoms with van der Waals surface area (Å²) >= 11 is 0. The topological polar surface area (TPSA) is 49.4 Å². The van der Waals surface area contributed by atoms with Crippen LogP contribution in [-0.2, 0) is 19.6 Å². The standard InChI is InChI=1S/C34H43NO5/c1-3-35-12-13-37-23-33(35)40-30-9-6-25(7-10-30)4-5-26-8-11-32(39-24-38-15-14-36-2)31(19-26)34-20-27-16-28(21-34)18-29(17-27)22-34/h6-11,19,27-29,33H,3,12-18,20-24H2,1-2H3. The van der Waals surface area contributed by atoms with Gasteiger partial charge < -0.3 is 23.7 Å². The Balaban J connectivity index is 1.19. The van der Waals surface area contributed by atoms with Gasteiger partial charge in [-0.3, -0.25) is 4.90 Å². The number of hydrogen-bond acceptors (Lipinski definition) is 6. The van der Waals surface area contributed by atoms with Crippen LogP contribution < -0.4 is 9.47 Å². The summed E-state index contributed by atoms with van der Waals surface area (Å²) in [4.78, 5) is 2.30. The van der Waals surface area contributed by atoms with Gasteiger partial charge in [-0.15, -0.1) is 0 Å². The van der Waals surface area contributed by atoms with E-state index in [-0.39, 0.29) is 18.4 Å². The van der Waals surface area contributed by atoms with Gasteiger partial charge in [-0.05, 0) is 111 Å². The summed E-state index contributed by atoms with van der Waals surface area (Å²) < 4.78 is 28.8. The molecule has 2 aromatic rings. The molecule has 0 spiro atoms. The molecular weight excluding hydrogens is 502 g/mol. The zero-order valence-corrected chi connectivity index (χ0v) is 24.0. The second-order valence-corrected chi connectivity index (χ2v) is 12.1. The number of rotatable bonds is 10. The molecule has 5 fully saturated rings. The smallest absolute Gasteiger partial charge is 0.189 e. The third-order valence-electron chi connectivity index (χ3n) is 9.39. The van der Waals surface area contributed by atoms with Crippen LogP contribution in [0.1, 0.15) is 62.1 Å². The van der Waals surface area contributed by atoms with Crippen LogP contribution in [0.2, 0.25) is 0 Å². The van der Waals surface area contributed by atoms with Crippen molar-refractivity contribution in [1.82, 2.24) is 4.90 Å². The Labute approximate surface area is 239 Å². The zero-order valence-electron chi connectivity index (χ0n) is 24.0. The molecule has 1 heterocycles. The second kappa shape index (κ2) is 12.5. The average Bonchev–Trinajstić information content (AvgIpc) is 2.96. The van der Waals surface area contributed by atoms with Crippen LogP contribution in [0.5, 0.6) is 11.5 Å². The Morgan fingerprint density at radius 2 is 1.62 bits per heavy atom. The first kappa shape index (κ1) is 27.6. The van der Waals surface area contributed by atoms with Crippen molar-refractivity contribution < 1.29 is 23.7 Å². The van der Waals surface area contributed by atoms with Crippen LogP contribution in [0.4, 0.5) is 0 Å². The Hall–Kier alpha value is -2.56. The largest absolute Gasteiger partial charge is 0.473 e. The van der Waals surface area contributed by atoms with Crippen molar-refractivity contribution in [2.75, 3.05) is 53.4 Å². The van der Waals surface area contributed by atoms with E-state index < -0.39 is 0 Å². The molecule has 214 valence electrons. The number of likely N-dealkylation sites (N-methyl/N-ethyl adjacent to an activating group) is 1. The first-order valence-electron chi connectivity index (χ1n) is 15.1. The first-order chi connectivity index (χ1) is 19.6. The van der Waals surface area contributed by atoms with Crippen molar-refractivity contribution in [1.29, 1.82) is 0 Å². The molecule has 6 heteroatoms. The predicted molar refractivity (Wildman–Crippen MR) is 155 cm³/mol. The Morgan fingerprint density at radius 1 is 0.925 bits per heavy atom. The van der Waals surface area contributed by atoms with E-state index in [2.05, 4.69) is 41.9 Å². The van der Waals surface area contributed by atoms with Crippen molar-refractivity contribution in [2.24, 2.45) is 17.8 Å². The van der Waals surface area contributed by atoms with Crippen molar-refractivity contribution in [3.8, 4) is 23.3 Å². The Kier molecular flexibility index (Phi) is 8.65. The maximum Gasteiger partial charge on any atom is 0.189 e. The second-order valence-electron chi connectivity index (χ2n) is 12.1. The van der Waals surface area contributed by atoms with E-state index in [1.54, 1.807) is 7.11 Å². The fourth-order valence-corrected chi connectivity index (χ4v) is 7.90. The fraction of sp³-hybridized carbons (Fsp3) is 0.588. The molecule has 6 nitrogen and oxygen atoms in total. The minimum atomic E-state index is -0.0372. The molecule has 4 bridgehead atoms. The summed E-state index contributed by atoms with van der Waals surface area (Å²) in [5.74, 6) is 11.2. The highest BCUT2D eigenvalue weighted by Crippen LogP contribution is 2.62. The molecule has 2 aromatic carbocycles. The van der Waals surface area contributed by atoms with Gasteiger partial charge in [0, 0.05) is 30.3 Å². The molecule has 1 atom stereocenters. The fourth-order valence-electron chi connectivity index (χ4n) is 7.90. The van der Waals surface area contributed by atoms with Crippen LogP contribution in [0, 0.1) is 29.6 Å². The number of benzene rings is 2. The van der Waals surface area contributed by atoms with Gasteiger partial charge >= 0.3 is 0 Å². The Bertz CT molecular complexity index is 1160. The molecule has 0 aromatic heterocycles. The lowest BCUT2D eigenvalue weighted by Crippen LogP contribution is -2.48. The summed E-state index contributed by atoms with van der Waals surface area (Å²) in [6.45, 7) is 6.72. The average molecular weight is 546 g/mol. The molecule has 0 radical (unpaired) electrons. The molecule has 40 heavy (non-hydrogen) atoms. The summed E-state index contributed by atoms with van der Waals surface area (Å²) in [5.41, 5.74) is 3.56. The minimum absolute atomic E-state index is 0.0372. The quantitative estimate of drug-likeness (QED) is 0.220. The number of morpholine rings is 1. The molecule has 1 aliphatic heterocycles. The van der Waals surface area contributed by atoms with Crippen LogP contribution in [0.3, 0.4) is 0 Å². The van der Waals surface area contributed by atoms with Crippen molar-refractivity contribution in [3.05, 3.63) is 59.2 Å². The van der Waals surface area contributed by atoms with Gasteiger partial charge in [-0.1, -0.05) is 18.8 Å². The molecule has 7 rings (SSSR count). The monoisotopic (exact) mass is 545 g/mol. The maximum atomic E-state index is 6.23. The van der Waals surface area contributed by atoms with Crippen LogP contribution in [0.15, 0.2) is 42.5 Å². The molecular formula is C34H43NO5. The molecule has 4 aliphatic carbocycles. The van der Waals surface area contributed by atoms with Crippen LogP contribution >= 0.6 is 0 Å². The van der Waals surface area contributed by atoms with Crippen molar-refractivity contribution >= 4 is 0 Å². The highest BCUT2D eigenvalue weighted by atomic mass is 16.7. The molecule has 5 aliphatic rings. The van der Waals surface area contributed by atoms with E-state index in [1.165, 1.54) is 44.1 Å². The SMILES string of the molecule is CCN1CCOCC1Oc1ccc(C#Cc2ccc(OCOCCOC)c(C34CC5CC(CC(C5)C3)C4)c2)cc1. The number of hydrogen-bond donors (Lipinski definition) is 0. The van der Waals surface area contributed by atoms with Crippen molar-refractivity contribution in [2.45, 2.75) is 57.1 Å². The highest BCUT2D eigenvalue weighted by molar-refractivity contribution is 5.51. The normalized spacial score (nSPS) is 29.1. The molecule has 4 saturated carbocycles. The van der Waals surface area contributed by atoms with Crippen molar-refractivity contribution in [3.63, 3.8) is 0 Å². The highest BCUT2D eigenvalue weighted by Gasteiger charge is 2.52. The van der Waals surface area contributed by atoms with Crippen LogP contribution in [0.25, 0.3) is 0 Å². The molecule has 1 unspecified atom stereocenters. The maximum absolute atomic E-state index is 6.23. The van der Waals surface area contributed by atoms with Gasteiger partial charge in [0.05, 0.1) is 26.4 Å². The predicted octanol–water partition coefficient (Wildman–Crippen LogP) is 5.61. The lowest BCUT2D eigenvalue weighted by atomic mass is 9.48. The zero-order chi connectivity index (χ0) is 27.4. The van der Waals surface area contributed by atoms with E-state index in [0.717, 1.165) is 60.1 Å². The third kappa shape index (κ3) is 6.19. The lowest BCUT2D eigenvalue weighted by molar-refractivity contribution is -0.0888.